The minimum atomic E-state index is -2.57. The molecular weight excluding hydrogens is 480 g/mol. The van der Waals surface area contributed by atoms with Crippen LogP contribution in [0.25, 0.3) is 44.7 Å². The van der Waals surface area contributed by atoms with E-state index in [1.807, 2.05) is 37.3 Å². The molecule has 0 aliphatic rings. The molecule has 2 aromatic carbocycles. The lowest BCUT2D eigenvalue weighted by Crippen LogP contribution is -2.11. The summed E-state index contributed by atoms with van der Waals surface area (Å²) in [4.78, 5) is 21.1. The van der Waals surface area contributed by atoms with Gasteiger partial charge >= 0.3 is 0 Å². The number of carbonyl (C=O) groups excluding carboxylic acids is 1. The van der Waals surface area contributed by atoms with Crippen molar-refractivity contribution in [2.45, 2.75) is 26.4 Å². The number of rotatable bonds is 8. The van der Waals surface area contributed by atoms with E-state index in [1.165, 1.54) is 18.1 Å². The van der Waals surface area contributed by atoms with E-state index in [0.717, 1.165) is 5.56 Å². The molecule has 0 fully saturated rings. The molecule has 5 rings (SSSR count). The van der Waals surface area contributed by atoms with Gasteiger partial charge in [-0.2, -0.15) is 10.2 Å². The SMILES string of the molecule is CCn1cc(C(N)=O)c(-c2cc3c(-c4cn(CC(F)F)nc4-c4ccccc4)ncnc3cc2OC)n1. The lowest BCUT2D eigenvalue weighted by atomic mass is 9.99. The third-order valence-corrected chi connectivity index (χ3v) is 5.95. The number of nitrogens with zero attached hydrogens (tertiary/aromatic N) is 6. The highest BCUT2D eigenvalue weighted by Gasteiger charge is 2.23. The normalized spacial score (nSPS) is 11.4. The van der Waals surface area contributed by atoms with E-state index < -0.39 is 18.9 Å². The van der Waals surface area contributed by atoms with Gasteiger partial charge in [-0.25, -0.2) is 18.7 Å². The summed E-state index contributed by atoms with van der Waals surface area (Å²) >= 11 is 0. The van der Waals surface area contributed by atoms with Crippen molar-refractivity contribution in [3.8, 4) is 39.5 Å². The Hall–Kier alpha value is -4.67. The largest absolute Gasteiger partial charge is 0.496 e. The molecule has 0 aliphatic carbocycles. The van der Waals surface area contributed by atoms with Gasteiger partial charge in [-0.15, -0.1) is 0 Å². The Bertz CT molecular complexity index is 1600. The molecule has 188 valence electrons. The van der Waals surface area contributed by atoms with Crippen LogP contribution in [0.1, 0.15) is 17.3 Å². The number of methoxy groups -OCH3 is 1. The van der Waals surface area contributed by atoms with E-state index in [0.29, 0.717) is 51.4 Å². The van der Waals surface area contributed by atoms with Crippen LogP contribution in [0, 0.1) is 0 Å². The molecule has 3 aromatic heterocycles. The van der Waals surface area contributed by atoms with Crippen molar-refractivity contribution in [3.63, 3.8) is 0 Å². The predicted molar refractivity (Wildman–Crippen MR) is 134 cm³/mol. The van der Waals surface area contributed by atoms with Crippen LogP contribution in [0.4, 0.5) is 8.78 Å². The Labute approximate surface area is 210 Å². The summed E-state index contributed by atoms with van der Waals surface area (Å²) in [5.41, 5.74) is 9.63. The van der Waals surface area contributed by atoms with Gasteiger partial charge in [0.05, 0.1) is 23.9 Å². The summed E-state index contributed by atoms with van der Waals surface area (Å²) in [6, 6.07) is 12.8. The summed E-state index contributed by atoms with van der Waals surface area (Å²) in [5.74, 6) is -0.182. The van der Waals surface area contributed by atoms with Gasteiger partial charge in [-0.05, 0) is 13.0 Å². The standard InChI is InChI=1S/C26H23F2N7O2/c1-3-34-12-19(26(29)36)25(33-34)17-9-16-20(10-21(17)37-2)30-14-31-24(16)18-11-35(13-22(27)28)32-23(18)15-7-5-4-6-8-15/h4-12,14,22H,3,13H2,1-2H3,(H2,29,36). The predicted octanol–water partition coefficient (Wildman–Crippen LogP) is 4.42. The van der Waals surface area contributed by atoms with Crippen molar-refractivity contribution in [3.05, 3.63) is 66.7 Å². The maximum absolute atomic E-state index is 13.2. The fourth-order valence-corrected chi connectivity index (χ4v) is 4.25. The molecule has 9 nitrogen and oxygen atoms in total. The van der Waals surface area contributed by atoms with Gasteiger partial charge < -0.3 is 10.5 Å². The number of primary amides is 1. The van der Waals surface area contributed by atoms with Gasteiger partial charge in [0.15, 0.2) is 0 Å². The Morgan fingerprint density at radius 3 is 2.43 bits per heavy atom. The minimum absolute atomic E-state index is 0.243. The van der Waals surface area contributed by atoms with E-state index in [4.69, 9.17) is 10.5 Å². The zero-order valence-corrected chi connectivity index (χ0v) is 20.1. The van der Waals surface area contributed by atoms with Crippen LogP contribution in [-0.2, 0) is 13.1 Å². The molecule has 5 aromatic rings. The molecular formula is C26H23F2N7O2. The minimum Gasteiger partial charge on any atom is -0.496 e. The van der Waals surface area contributed by atoms with Crippen LogP contribution in [0.3, 0.4) is 0 Å². The highest BCUT2D eigenvalue weighted by Crippen LogP contribution is 2.39. The number of aryl methyl sites for hydroxylation is 1. The maximum atomic E-state index is 13.2. The van der Waals surface area contributed by atoms with Gasteiger partial charge in [-0.3, -0.25) is 14.2 Å². The number of nitrogens with two attached hydrogens (primary N) is 1. The number of benzene rings is 2. The van der Waals surface area contributed by atoms with Gasteiger partial charge in [0.25, 0.3) is 12.3 Å². The van der Waals surface area contributed by atoms with Crippen molar-refractivity contribution < 1.29 is 18.3 Å². The lowest BCUT2D eigenvalue weighted by Gasteiger charge is -2.12. The number of aromatic nitrogens is 6. The number of amides is 1. The van der Waals surface area contributed by atoms with Crippen LogP contribution in [0.2, 0.25) is 0 Å². The molecule has 0 unspecified atom stereocenters. The summed E-state index contributed by atoms with van der Waals surface area (Å²) in [7, 11) is 1.51. The van der Waals surface area contributed by atoms with Crippen molar-refractivity contribution in [2.75, 3.05) is 7.11 Å². The molecule has 0 saturated carbocycles. The number of hydrogen-bond donors (Lipinski definition) is 1. The Morgan fingerprint density at radius 1 is 1.00 bits per heavy atom. The van der Waals surface area contributed by atoms with E-state index in [2.05, 4.69) is 20.2 Å². The van der Waals surface area contributed by atoms with Crippen molar-refractivity contribution in [1.82, 2.24) is 29.5 Å². The third-order valence-electron chi connectivity index (χ3n) is 5.95. The molecule has 0 radical (unpaired) electrons. The zero-order valence-electron chi connectivity index (χ0n) is 20.1. The smallest absolute Gasteiger partial charge is 0.257 e. The second kappa shape index (κ2) is 9.76. The Balaban J connectivity index is 1.78. The number of alkyl halides is 2. The summed E-state index contributed by atoms with van der Waals surface area (Å²) in [6.07, 6.45) is 1.97. The topological polar surface area (TPSA) is 114 Å². The molecule has 11 heteroatoms. The van der Waals surface area contributed by atoms with Gasteiger partial charge in [-0.1, -0.05) is 30.3 Å². The summed E-state index contributed by atoms with van der Waals surface area (Å²) < 4.78 is 34.9. The second-order valence-electron chi connectivity index (χ2n) is 8.27. The number of hydrogen-bond acceptors (Lipinski definition) is 6. The van der Waals surface area contributed by atoms with Crippen molar-refractivity contribution in [2.24, 2.45) is 5.73 Å². The quantitative estimate of drug-likeness (QED) is 0.335. The number of fused-ring (bicyclic) bond motifs is 1. The first-order valence-electron chi connectivity index (χ1n) is 11.5. The molecule has 3 heterocycles. The molecule has 0 saturated heterocycles. The van der Waals surface area contributed by atoms with Crippen LogP contribution in [0.5, 0.6) is 5.75 Å². The van der Waals surface area contributed by atoms with E-state index in [9.17, 15) is 13.6 Å². The molecule has 0 bridgehead atoms. The molecule has 1 amide bonds. The number of ether oxygens (including phenoxy) is 1. The molecule has 37 heavy (non-hydrogen) atoms. The first-order valence-corrected chi connectivity index (χ1v) is 11.5. The Kier molecular flexibility index (Phi) is 6.34. The summed E-state index contributed by atoms with van der Waals surface area (Å²) in [6.45, 7) is 1.87. The molecule has 2 N–H and O–H groups in total. The van der Waals surface area contributed by atoms with Crippen LogP contribution >= 0.6 is 0 Å². The second-order valence-corrected chi connectivity index (χ2v) is 8.27. The average Bonchev–Trinajstić information content (AvgIpc) is 3.52. The van der Waals surface area contributed by atoms with Gasteiger partial charge in [0.2, 0.25) is 0 Å². The van der Waals surface area contributed by atoms with Crippen LogP contribution < -0.4 is 10.5 Å². The fourth-order valence-electron chi connectivity index (χ4n) is 4.25. The monoisotopic (exact) mass is 503 g/mol. The van der Waals surface area contributed by atoms with Gasteiger partial charge in [0, 0.05) is 47.1 Å². The molecule has 0 atom stereocenters. The third kappa shape index (κ3) is 4.51. The molecule has 0 aliphatic heterocycles. The average molecular weight is 504 g/mol. The van der Waals surface area contributed by atoms with E-state index in [-0.39, 0.29) is 5.56 Å². The first-order chi connectivity index (χ1) is 17.9. The van der Waals surface area contributed by atoms with Crippen LogP contribution in [-0.4, -0.2) is 49.0 Å². The first kappa shape index (κ1) is 24.0. The summed E-state index contributed by atoms with van der Waals surface area (Å²) in [5, 5.41) is 9.58. The van der Waals surface area contributed by atoms with Crippen LogP contribution in [0.15, 0.2) is 61.2 Å². The molecule has 0 spiro atoms. The van der Waals surface area contributed by atoms with Gasteiger partial charge in [0.1, 0.15) is 30.0 Å². The lowest BCUT2D eigenvalue weighted by molar-refractivity contribution is 0.100. The Morgan fingerprint density at radius 2 is 1.76 bits per heavy atom. The maximum Gasteiger partial charge on any atom is 0.257 e. The zero-order chi connectivity index (χ0) is 26.1. The number of halogens is 2. The van der Waals surface area contributed by atoms with E-state index in [1.54, 1.807) is 29.2 Å². The van der Waals surface area contributed by atoms with E-state index >= 15 is 0 Å². The van der Waals surface area contributed by atoms with Crippen molar-refractivity contribution >= 4 is 16.8 Å². The van der Waals surface area contributed by atoms with Crippen molar-refractivity contribution in [1.29, 1.82) is 0 Å². The highest BCUT2D eigenvalue weighted by atomic mass is 19.3. The fraction of sp³-hybridized carbons (Fsp3) is 0.192. The highest BCUT2D eigenvalue weighted by molar-refractivity contribution is 6.03. The number of carbonyl (C=O) groups is 1.